The summed E-state index contributed by atoms with van der Waals surface area (Å²) < 4.78 is 24.6. The number of halogens is 2. The van der Waals surface area contributed by atoms with Crippen molar-refractivity contribution in [3.05, 3.63) is 25.5 Å². The van der Waals surface area contributed by atoms with E-state index in [9.17, 15) is 13.2 Å². The molecular weight excluding hydrogens is 364 g/mol. The third-order valence-corrected chi connectivity index (χ3v) is 5.58. The standard InChI is InChI=1S/C8H10Br2N2O3S/c1-2-16(14,15)4-3-12-8(13)7(10)6(9)5-11-12/h5H,2-4H2,1H3. The van der Waals surface area contributed by atoms with Gasteiger partial charge in [-0.25, -0.2) is 13.1 Å². The number of sulfone groups is 1. The van der Waals surface area contributed by atoms with Crippen LogP contribution in [-0.4, -0.2) is 29.7 Å². The van der Waals surface area contributed by atoms with Crippen molar-refractivity contribution in [3.63, 3.8) is 0 Å². The Balaban J connectivity index is 2.93. The lowest BCUT2D eigenvalue weighted by molar-refractivity contribution is 0.570. The Kier molecular flexibility index (Phi) is 4.69. The highest BCUT2D eigenvalue weighted by Crippen LogP contribution is 2.16. The molecule has 0 N–H and O–H groups in total. The summed E-state index contributed by atoms with van der Waals surface area (Å²) in [4.78, 5) is 11.6. The monoisotopic (exact) mass is 372 g/mol. The summed E-state index contributed by atoms with van der Waals surface area (Å²) in [5.74, 6) is -0.00999. The summed E-state index contributed by atoms with van der Waals surface area (Å²) in [7, 11) is -3.08. The highest BCUT2D eigenvalue weighted by atomic mass is 79.9. The van der Waals surface area contributed by atoms with Crippen LogP contribution in [-0.2, 0) is 16.4 Å². The predicted octanol–water partition coefficient (Wildman–Crippen LogP) is 1.20. The molecule has 1 aromatic rings. The molecule has 0 saturated heterocycles. The predicted molar refractivity (Wildman–Crippen MR) is 68.2 cm³/mol. The van der Waals surface area contributed by atoms with E-state index in [2.05, 4.69) is 37.0 Å². The van der Waals surface area contributed by atoms with Crippen LogP contribution in [0.2, 0.25) is 0 Å². The minimum absolute atomic E-state index is 0.0689. The van der Waals surface area contributed by atoms with Crippen molar-refractivity contribution in [3.8, 4) is 0 Å². The van der Waals surface area contributed by atoms with Crippen LogP contribution in [0.3, 0.4) is 0 Å². The number of aromatic nitrogens is 2. The fourth-order valence-corrected chi connectivity index (χ4v) is 2.28. The third-order valence-electron chi connectivity index (χ3n) is 2.00. The normalized spacial score (nSPS) is 11.7. The fourth-order valence-electron chi connectivity index (χ4n) is 0.974. The van der Waals surface area contributed by atoms with Crippen molar-refractivity contribution in [2.45, 2.75) is 13.5 Å². The number of hydrogen-bond donors (Lipinski definition) is 0. The van der Waals surface area contributed by atoms with E-state index in [-0.39, 0.29) is 23.6 Å². The molecule has 0 aromatic carbocycles. The maximum absolute atomic E-state index is 11.6. The van der Waals surface area contributed by atoms with E-state index in [1.54, 1.807) is 6.92 Å². The van der Waals surface area contributed by atoms with E-state index < -0.39 is 9.84 Å². The first kappa shape index (κ1) is 13.9. The zero-order valence-corrected chi connectivity index (χ0v) is 12.5. The smallest absolute Gasteiger partial charge is 0.266 e. The van der Waals surface area contributed by atoms with Gasteiger partial charge in [0.2, 0.25) is 0 Å². The highest BCUT2D eigenvalue weighted by Gasteiger charge is 2.11. The average Bonchev–Trinajstić information content (AvgIpc) is 2.25. The number of rotatable bonds is 4. The molecule has 0 spiro atoms. The van der Waals surface area contributed by atoms with E-state index >= 15 is 0 Å². The molecule has 16 heavy (non-hydrogen) atoms. The Hall–Kier alpha value is -0.210. The van der Waals surface area contributed by atoms with Crippen molar-refractivity contribution in [2.24, 2.45) is 0 Å². The molecule has 0 fully saturated rings. The van der Waals surface area contributed by atoms with Gasteiger partial charge in [-0.05, 0) is 31.9 Å². The van der Waals surface area contributed by atoms with Crippen LogP contribution >= 0.6 is 31.9 Å². The zero-order valence-electron chi connectivity index (χ0n) is 8.48. The van der Waals surface area contributed by atoms with E-state index in [1.807, 2.05) is 0 Å². The first-order valence-corrected chi connectivity index (χ1v) is 7.89. The Labute approximate surface area is 110 Å². The second-order valence-electron chi connectivity index (χ2n) is 3.07. The molecule has 5 nitrogen and oxygen atoms in total. The van der Waals surface area contributed by atoms with Gasteiger partial charge in [0.1, 0.15) is 4.47 Å². The number of aryl methyl sites for hydroxylation is 1. The molecule has 0 aliphatic rings. The number of nitrogens with zero attached hydrogens (tertiary/aromatic N) is 2. The van der Waals surface area contributed by atoms with Crippen molar-refractivity contribution in [1.82, 2.24) is 9.78 Å². The molecule has 0 aliphatic heterocycles. The van der Waals surface area contributed by atoms with Crippen LogP contribution in [0.4, 0.5) is 0 Å². The molecule has 90 valence electrons. The lowest BCUT2D eigenvalue weighted by Crippen LogP contribution is -2.27. The van der Waals surface area contributed by atoms with Gasteiger partial charge in [-0.1, -0.05) is 6.92 Å². The van der Waals surface area contributed by atoms with Crippen LogP contribution in [0.5, 0.6) is 0 Å². The molecule has 1 rings (SSSR count). The maximum Gasteiger partial charge on any atom is 0.282 e. The van der Waals surface area contributed by atoms with Gasteiger partial charge in [0.05, 0.1) is 23.0 Å². The molecule has 0 aliphatic carbocycles. The average molecular weight is 374 g/mol. The third kappa shape index (κ3) is 3.39. The summed E-state index contributed by atoms with van der Waals surface area (Å²) in [5, 5.41) is 3.84. The largest absolute Gasteiger partial charge is 0.282 e. The van der Waals surface area contributed by atoms with Gasteiger partial charge in [0.25, 0.3) is 5.56 Å². The molecule has 8 heteroatoms. The molecule has 0 unspecified atom stereocenters. The highest BCUT2D eigenvalue weighted by molar-refractivity contribution is 9.13. The van der Waals surface area contributed by atoms with Crippen molar-refractivity contribution >= 4 is 41.7 Å². The Morgan fingerprint density at radius 2 is 2.06 bits per heavy atom. The molecule has 0 amide bonds. The quantitative estimate of drug-likeness (QED) is 0.795. The Morgan fingerprint density at radius 3 is 2.62 bits per heavy atom. The molecule has 0 saturated carbocycles. The summed E-state index contributed by atoms with van der Waals surface area (Å²) in [6.07, 6.45) is 1.45. The van der Waals surface area contributed by atoms with Crippen LogP contribution < -0.4 is 5.56 Å². The molecule has 0 atom stereocenters. The lowest BCUT2D eigenvalue weighted by atomic mass is 10.5. The Bertz CT molecular complexity index is 539. The van der Waals surface area contributed by atoms with Crippen molar-refractivity contribution < 1.29 is 8.42 Å². The molecule has 0 bridgehead atoms. The Morgan fingerprint density at radius 1 is 1.44 bits per heavy atom. The summed E-state index contributed by atoms with van der Waals surface area (Å²) in [5.41, 5.74) is -0.347. The maximum atomic E-state index is 11.6. The van der Waals surface area contributed by atoms with E-state index in [4.69, 9.17) is 0 Å². The van der Waals surface area contributed by atoms with Gasteiger partial charge in [0, 0.05) is 5.75 Å². The minimum atomic E-state index is -3.08. The first-order valence-electron chi connectivity index (χ1n) is 4.49. The van der Waals surface area contributed by atoms with Gasteiger partial charge in [-0.15, -0.1) is 0 Å². The molecular formula is C8H10Br2N2O3S. The van der Waals surface area contributed by atoms with Gasteiger partial charge in [-0.2, -0.15) is 5.10 Å². The lowest BCUT2D eigenvalue weighted by Gasteiger charge is -2.05. The van der Waals surface area contributed by atoms with Gasteiger partial charge in [0.15, 0.2) is 9.84 Å². The van der Waals surface area contributed by atoms with Crippen LogP contribution in [0.1, 0.15) is 6.92 Å². The SMILES string of the molecule is CCS(=O)(=O)CCn1ncc(Br)c(Br)c1=O. The number of hydrogen-bond acceptors (Lipinski definition) is 4. The van der Waals surface area contributed by atoms with Crippen molar-refractivity contribution in [1.29, 1.82) is 0 Å². The van der Waals surface area contributed by atoms with Crippen LogP contribution in [0, 0.1) is 0 Å². The summed E-state index contributed by atoms with van der Waals surface area (Å²) in [6, 6.07) is 0. The van der Waals surface area contributed by atoms with E-state index in [0.717, 1.165) is 4.68 Å². The van der Waals surface area contributed by atoms with E-state index in [1.165, 1.54) is 6.20 Å². The van der Waals surface area contributed by atoms with Crippen LogP contribution in [0.15, 0.2) is 19.9 Å². The second-order valence-corrected chi connectivity index (χ2v) is 7.19. The minimum Gasteiger partial charge on any atom is -0.266 e. The van der Waals surface area contributed by atoms with E-state index in [0.29, 0.717) is 8.95 Å². The summed E-state index contributed by atoms with van der Waals surface area (Å²) >= 11 is 6.24. The van der Waals surface area contributed by atoms with Crippen molar-refractivity contribution in [2.75, 3.05) is 11.5 Å². The van der Waals surface area contributed by atoms with Gasteiger partial charge < -0.3 is 0 Å². The molecule has 1 aromatic heterocycles. The van der Waals surface area contributed by atoms with Gasteiger partial charge in [-0.3, -0.25) is 4.79 Å². The topological polar surface area (TPSA) is 69.0 Å². The molecule has 1 heterocycles. The first-order chi connectivity index (χ1) is 7.37. The fraction of sp³-hybridized carbons (Fsp3) is 0.500. The second kappa shape index (κ2) is 5.42. The molecule has 0 radical (unpaired) electrons. The van der Waals surface area contributed by atoms with Crippen LogP contribution in [0.25, 0.3) is 0 Å². The zero-order chi connectivity index (χ0) is 12.3. The summed E-state index contributed by atoms with van der Waals surface area (Å²) in [6.45, 7) is 1.64. The van der Waals surface area contributed by atoms with Gasteiger partial charge >= 0.3 is 0 Å².